The van der Waals surface area contributed by atoms with Crippen molar-refractivity contribution < 1.29 is 18.0 Å². The van der Waals surface area contributed by atoms with E-state index >= 15 is 0 Å². The molecule has 1 aromatic rings. The van der Waals surface area contributed by atoms with Crippen molar-refractivity contribution in [3.8, 4) is 0 Å². The van der Waals surface area contributed by atoms with Gasteiger partial charge in [0.15, 0.2) is 0 Å². The molecule has 15 heavy (non-hydrogen) atoms. The van der Waals surface area contributed by atoms with Gasteiger partial charge in [0, 0.05) is 10.9 Å². The lowest BCUT2D eigenvalue weighted by atomic mass is 10.1. The normalized spacial score (nSPS) is 11.5. The number of aryl methyl sites for hydroxylation is 1. The Hall–Kier alpha value is -0.840. The maximum atomic E-state index is 12.4. The summed E-state index contributed by atoms with van der Waals surface area (Å²) < 4.78 is 37.5. The zero-order valence-corrected chi connectivity index (χ0v) is 9.23. The molecule has 1 rings (SSSR count). The molecule has 0 bridgehead atoms. The molecule has 0 aromatic heterocycles. The number of rotatable bonds is 3. The van der Waals surface area contributed by atoms with Crippen LogP contribution < -0.4 is 0 Å². The van der Waals surface area contributed by atoms with E-state index in [1.54, 1.807) is 6.07 Å². The number of alkyl halides is 3. The average molecular weight is 281 g/mol. The first-order valence-electron chi connectivity index (χ1n) is 4.24. The molecule has 0 N–H and O–H groups in total. The first-order valence-corrected chi connectivity index (χ1v) is 5.03. The third-order valence-electron chi connectivity index (χ3n) is 1.84. The lowest BCUT2D eigenvalue weighted by Gasteiger charge is -2.09. The molecule has 0 radical (unpaired) electrons. The molecule has 0 heterocycles. The standard InChI is InChI=1S/C10H8BrF3O/c11-9-5-7(2-1-3-15)4-8(6-9)10(12,13)14/h3-6H,1-2H2. The van der Waals surface area contributed by atoms with Gasteiger partial charge in [-0.15, -0.1) is 0 Å². The van der Waals surface area contributed by atoms with Gasteiger partial charge in [-0.3, -0.25) is 0 Å². The van der Waals surface area contributed by atoms with Crippen molar-refractivity contribution in [3.05, 3.63) is 33.8 Å². The van der Waals surface area contributed by atoms with Crippen LogP contribution in [-0.2, 0) is 17.4 Å². The zero-order chi connectivity index (χ0) is 11.5. The summed E-state index contributed by atoms with van der Waals surface area (Å²) in [6, 6.07) is 3.66. The molecule has 0 saturated carbocycles. The van der Waals surface area contributed by atoms with Crippen LogP contribution in [0.25, 0.3) is 0 Å². The van der Waals surface area contributed by atoms with E-state index in [2.05, 4.69) is 15.9 Å². The summed E-state index contributed by atoms with van der Waals surface area (Å²) in [6.07, 6.45) is -3.10. The molecule has 0 aliphatic carbocycles. The fourth-order valence-corrected chi connectivity index (χ4v) is 1.72. The van der Waals surface area contributed by atoms with Gasteiger partial charge in [0.1, 0.15) is 6.29 Å². The van der Waals surface area contributed by atoms with Crippen molar-refractivity contribution in [2.24, 2.45) is 0 Å². The van der Waals surface area contributed by atoms with Crippen LogP contribution in [0, 0.1) is 0 Å². The van der Waals surface area contributed by atoms with E-state index in [0.717, 1.165) is 12.1 Å². The SMILES string of the molecule is O=CCCc1cc(Br)cc(C(F)(F)F)c1. The van der Waals surface area contributed by atoms with E-state index < -0.39 is 11.7 Å². The topological polar surface area (TPSA) is 17.1 Å². The van der Waals surface area contributed by atoms with Crippen molar-refractivity contribution >= 4 is 22.2 Å². The van der Waals surface area contributed by atoms with Gasteiger partial charge >= 0.3 is 6.18 Å². The molecule has 82 valence electrons. The van der Waals surface area contributed by atoms with Gasteiger partial charge in [-0.05, 0) is 30.2 Å². The van der Waals surface area contributed by atoms with E-state index in [9.17, 15) is 18.0 Å². The van der Waals surface area contributed by atoms with E-state index in [0.29, 0.717) is 22.7 Å². The molecule has 0 atom stereocenters. The Morgan fingerprint density at radius 3 is 2.47 bits per heavy atom. The van der Waals surface area contributed by atoms with Gasteiger partial charge in [0.2, 0.25) is 0 Å². The third-order valence-corrected chi connectivity index (χ3v) is 2.29. The molecule has 0 aliphatic rings. The summed E-state index contributed by atoms with van der Waals surface area (Å²) in [5, 5.41) is 0. The second-order valence-corrected chi connectivity index (χ2v) is 3.97. The molecule has 0 fully saturated rings. The highest BCUT2D eigenvalue weighted by atomic mass is 79.9. The van der Waals surface area contributed by atoms with Crippen molar-refractivity contribution in [2.75, 3.05) is 0 Å². The Morgan fingerprint density at radius 1 is 1.27 bits per heavy atom. The molecule has 0 saturated heterocycles. The number of hydrogen-bond donors (Lipinski definition) is 0. The maximum absolute atomic E-state index is 12.4. The lowest BCUT2D eigenvalue weighted by Crippen LogP contribution is -2.05. The number of carbonyl (C=O) groups excluding carboxylic acids is 1. The quantitative estimate of drug-likeness (QED) is 0.774. The number of aldehydes is 1. The highest BCUT2D eigenvalue weighted by Crippen LogP contribution is 2.32. The second kappa shape index (κ2) is 4.79. The Morgan fingerprint density at radius 2 is 1.93 bits per heavy atom. The largest absolute Gasteiger partial charge is 0.416 e. The molecule has 0 amide bonds. The smallest absolute Gasteiger partial charge is 0.303 e. The fourth-order valence-electron chi connectivity index (χ4n) is 1.18. The number of halogens is 4. The Balaban J connectivity index is 3.00. The third kappa shape index (κ3) is 3.66. The predicted octanol–water partition coefficient (Wildman–Crippen LogP) is 3.60. The molecule has 1 nitrogen and oxygen atoms in total. The van der Waals surface area contributed by atoms with Crippen LogP contribution in [0.2, 0.25) is 0 Å². The molecule has 0 spiro atoms. The van der Waals surface area contributed by atoms with E-state index in [-0.39, 0.29) is 6.42 Å². The Labute approximate surface area is 93.4 Å². The molecule has 5 heteroatoms. The second-order valence-electron chi connectivity index (χ2n) is 3.05. The summed E-state index contributed by atoms with van der Waals surface area (Å²) in [6.45, 7) is 0. The minimum absolute atomic E-state index is 0.230. The molecule has 0 unspecified atom stereocenters. The van der Waals surface area contributed by atoms with Gasteiger partial charge in [-0.2, -0.15) is 13.2 Å². The van der Waals surface area contributed by atoms with Crippen LogP contribution in [0.1, 0.15) is 17.5 Å². The molecule has 1 aromatic carbocycles. The van der Waals surface area contributed by atoms with Crippen LogP contribution in [0.4, 0.5) is 13.2 Å². The van der Waals surface area contributed by atoms with Crippen molar-refractivity contribution in [2.45, 2.75) is 19.0 Å². The van der Waals surface area contributed by atoms with Gasteiger partial charge in [0.05, 0.1) is 5.56 Å². The summed E-state index contributed by atoms with van der Waals surface area (Å²) >= 11 is 3.01. The van der Waals surface area contributed by atoms with Gasteiger partial charge in [0.25, 0.3) is 0 Å². The van der Waals surface area contributed by atoms with Crippen LogP contribution in [0.3, 0.4) is 0 Å². The highest BCUT2D eigenvalue weighted by molar-refractivity contribution is 9.10. The first-order chi connectivity index (χ1) is 6.93. The molecular formula is C10H8BrF3O. The first kappa shape index (κ1) is 12.2. The monoisotopic (exact) mass is 280 g/mol. The highest BCUT2D eigenvalue weighted by Gasteiger charge is 2.30. The summed E-state index contributed by atoms with van der Waals surface area (Å²) in [7, 11) is 0. The van der Waals surface area contributed by atoms with Crippen molar-refractivity contribution in [1.82, 2.24) is 0 Å². The van der Waals surface area contributed by atoms with E-state index in [1.807, 2.05) is 0 Å². The minimum Gasteiger partial charge on any atom is -0.303 e. The Kier molecular flexibility index (Phi) is 3.90. The zero-order valence-electron chi connectivity index (χ0n) is 7.64. The van der Waals surface area contributed by atoms with Crippen LogP contribution in [0.5, 0.6) is 0 Å². The molecule has 0 aliphatic heterocycles. The van der Waals surface area contributed by atoms with Gasteiger partial charge in [-0.1, -0.05) is 15.9 Å². The predicted molar refractivity (Wildman–Crippen MR) is 53.5 cm³/mol. The maximum Gasteiger partial charge on any atom is 0.416 e. The van der Waals surface area contributed by atoms with Gasteiger partial charge < -0.3 is 4.79 Å². The van der Waals surface area contributed by atoms with Crippen molar-refractivity contribution in [1.29, 1.82) is 0 Å². The van der Waals surface area contributed by atoms with E-state index in [4.69, 9.17) is 0 Å². The Bertz CT molecular complexity index is 360. The van der Waals surface area contributed by atoms with Gasteiger partial charge in [-0.25, -0.2) is 0 Å². The van der Waals surface area contributed by atoms with E-state index in [1.165, 1.54) is 0 Å². The number of benzene rings is 1. The average Bonchev–Trinajstić information content (AvgIpc) is 2.12. The fraction of sp³-hybridized carbons (Fsp3) is 0.300. The van der Waals surface area contributed by atoms with Crippen LogP contribution in [-0.4, -0.2) is 6.29 Å². The molecular weight excluding hydrogens is 273 g/mol. The lowest BCUT2D eigenvalue weighted by molar-refractivity contribution is -0.137. The summed E-state index contributed by atoms with van der Waals surface area (Å²) in [4.78, 5) is 10.1. The van der Waals surface area contributed by atoms with Crippen LogP contribution in [0.15, 0.2) is 22.7 Å². The van der Waals surface area contributed by atoms with Crippen LogP contribution >= 0.6 is 15.9 Å². The number of carbonyl (C=O) groups is 1. The van der Waals surface area contributed by atoms with Crippen molar-refractivity contribution in [3.63, 3.8) is 0 Å². The minimum atomic E-state index is -4.35. The number of hydrogen-bond acceptors (Lipinski definition) is 1. The summed E-state index contributed by atoms with van der Waals surface area (Å²) in [5.74, 6) is 0. The summed E-state index contributed by atoms with van der Waals surface area (Å²) in [5.41, 5.74) is -0.193.